The zero-order chi connectivity index (χ0) is 16.4. The van der Waals surface area contributed by atoms with Crippen LogP contribution in [-0.4, -0.2) is 32.6 Å². The molecule has 0 radical (unpaired) electrons. The molecule has 23 heavy (non-hydrogen) atoms. The highest BCUT2D eigenvalue weighted by molar-refractivity contribution is 6.06. The highest BCUT2D eigenvalue weighted by Crippen LogP contribution is 2.21. The second-order valence-electron chi connectivity index (χ2n) is 5.07. The summed E-state index contributed by atoms with van der Waals surface area (Å²) < 4.78 is 8.43. The maximum Gasteiger partial charge on any atom is 0.262 e. The largest absolute Gasteiger partial charge is 0.479 e. The summed E-state index contributed by atoms with van der Waals surface area (Å²) in [6.07, 6.45) is 3.24. The summed E-state index contributed by atoms with van der Waals surface area (Å²) in [4.78, 5) is 12.4. The fourth-order valence-corrected chi connectivity index (χ4v) is 2.33. The number of carbonyl (C=O) groups is 1. The lowest BCUT2D eigenvalue weighted by molar-refractivity contribution is 0.102. The Balaban J connectivity index is 1.86. The van der Waals surface area contributed by atoms with Gasteiger partial charge in [0.15, 0.2) is 0 Å². The first-order valence-electron chi connectivity index (χ1n) is 7.09. The number of amides is 1. The SMILES string of the molecule is COc1nn(C)cc1C(=O)Nc1cnn(-c2ccccc2)c1C. The number of aromatic nitrogens is 4. The lowest BCUT2D eigenvalue weighted by Gasteiger charge is -2.06. The molecule has 0 aliphatic heterocycles. The summed E-state index contributed by atoms with van der Waals surface area (Å²) in [7, 11) is 3.22. The minimum absolute atomic E-state index is 0.286. The van der Waals surface area contributed by atoms with Gasteiger partial charge in [0.05, 0.1) is 30.4 Å². The molecule has 2 heterocycles. The van der Waals surface area contributed by atoms with Gasteiger partial charge < -0.3 is 10.1 Å². The van der Waals surface area contributed by atoms with Crippen LogP contribution in [0.4, 0.5) is 5.69 Å². The monoisotopic (exact) mass is 311 g/mol. The Bertz CT molecular complexity index is 836. The second-order valence-corrected chi connectivity index (χ2v) is 5.07. The fourth-order valence-electron chi connectivity index (χ4n) is 2.33. The van der Waals surface area contributed by atoms with Crippen LogP contribution in [0.2, 0.25) is 0 Å². The van der Waals surface area contributed by atoms with Crippen molar-refractivity contribution in [2.24, 2.45) is 7.05 Å². The number of benzene rings is 1. The van der Waals surface area contributed by atoms with E-state index in [-0.39, 0.29) is 11.8 Å². The first-order valence-corrected chi connectivity index (χ1v) is 7.09. The molecule has 118 valence electrons. The maximum atomic E-state index is 12.4. The van der Waals surface area contributed by atoms with E-state index < -0.39 is 0 Å². The lowest BCUT2D eigenvalue weighted by Crippen LogP contribution is -2.13. The number of nitrogens with one attached hydrogen (secondary N) is 1. The van der Waals surface area contributed by atoms with Crippen molar-refractivity contribution in [3.05, 3.63) is 54.0 Å². The average molecular weight is 311 g/mol. The summed E-state index contributed by atoms with van der Waals surface area (Å²) in [6.45, 7) is 1.90. The molecular weight excluding hydrogens is 294 g/mol. The number of hydrogen-bond donors (Lipinski definition) is 1. The quantitative estimate of drug-likeness (QED) is 0.801. The van der Waals surface area contributed by atoms with Gasteiger partial charge in [0.1, 0.15) is 5.56 Å². The number of ether oxygens (including phenoxy) is 1. The minimum atomic E-state index is -0.286. The summed E-state index contributed by atoms with van der Waals surface area (Å²) in [5.74, 6) is 0.00349. The minimum Gasteiger partial charge on any atom is -0.479 e. The van der Waals surface area contributed by atoms with Gasteiger partial charge in [-0.05, 0) is 19.1 Å². The summed E-state index contributed by atoms with van der Waals surface area (Å²) in [5.41, 5.74) is 2.79. The van der Waals surface area contributed by atoms with Crippen LogP contribution >= 0.6 is 0 Å². The van der Waals surface area contributed by atoms with Crippen LogP contribution in [0.5, 0.6) is 5.88 Å². The molecule has 0 bridgehead atoms. The third-order valence-electron chi connectivity index (χ3n) is 3.49. The molecule has 0 unspecified atom stereocenters. The van der Waals surface area contributed by atoms with E-state index in [9.17, 15) is 4.79 Å². The van der Waals surface area contributed by atoms with Gasteiger partial charge in [0, 0.05) is 13.2 Å². The number of carbonyl (C=O) groups excluding carboxylic acids is 1. The summed E-state index contributed by atoms with van der Waals surface area (Å²) in [5, 5.41) is 11.3. The Hall–Kier alpha value is -3.09. The van der Waals surface area contributed by atoms with Gasteiger partial charge in [-0.25, -0.2) is 4.68 Å². The van der Waals surface area contributed by atoms with E-state index >= 15 is 0 Å². The van der Waals surface area contributed by atoms with Crippen molar-refractivity contribution in [2.45, 2.75) is 6.92 Å². The Morgan fingerprint density at radius 3 is 2.70 bits per heavy atom. The van der Waals surface area contributed by atoms with Gasteiger partial charge in [0.2, 0.25) is 5.88 Å². The predicted octanol–water partition coefficient (Wildman–Crippen LogP) is 2.18. The van der Waals surface area contributed by atoms with E-state index in [4.69, 9.17) is 4.74 Å². The molecule has 7 nitrogen and oxygen atoms in total. The van der Waals surface area contributed by atoms with Crippen molar-refractivity contribution in [3.8, 4) is 11.6 Å². The number of para-hydroxylation sites is 1. The fraction of sp³-hybridized carbons (Fsp3) is 0.188. The van der Waals surface area contributed by atoms with Gasteiger partial charge in [-0.1, -0.05) is 18.2 Å². The van der Waals surface area contributed by atoms with Crippen LogP contribution in [0.15, 0.2) is 42.7 Å². The Morgan fingerprint density at radius 1 is 1.26 bits per heavy atom. The Morgan fingerprint density at radius 2 is 2.00 bits per heavy atom. The third kappa shape index (κ3) is 2.80. The molecule has 0 aliphatic rings. The van der Waals surface area contributed by atoms with E-state index in [1.165, 1.54) is 11.8 Å². The smallest absolute Gasteiger partial charge is 0.262 e. The molecule has 3 aromatic rings. The first kappa shape index (κ1) is 14.8. The molecule has 7 heteroatoms. The van der Waals surface area contributed by atoms with Gasteiger partial charge in [-0.2, -0.15) is 5.10 Å². The number of aryl methyl sites for hydroxylation is 1. The van der Waals surface area contributed by atoms with Crippen LogP contribution in [0.3, 0.4) is 0 Å². The van der Waals surface area contributed by atoms with E-state index in [1.807, 2.05) is 37.3 Å². The van der Waals surface area contributed by atoms with Crippen LogP contribution in [0, 0.1) is 6.92 Å². The maximum absolute atomic E-state index is 12.4. The second kappa shape index (κ2) is 5.96. The van der Waals surface area contributed by atoms with Crippen LogP contribution in [0.25, 0.3) is 5.69 Å². The molecule has 0 saturated carbocycles. The number of methoxy groups -OCH3 is 1. The predicted molar refractivity (Wildman–Crippen MR) is 86.0 cm³/mol. The van der Waals surface area contributed by atoms with Crippen molar-refractivity contribution in [1.82, 2.24) is 19.6 Å². The molecule has 0 atom stereocenters. The zero-order valence-electron chi connectivity index (χ0n) is 13.1. The molecule has 3 rings (SSSR count). The van der Waals surface area contributed by atoms with Crippen molar-refractivity contribution >= 4 is 11.6 Å². The Labute approximate surface area is 133 Å². The molecule has 1 amide bonds. The molecule has 0 saturated heterocycles. The van der Waals surface area contributed by atoms with Gasteiger partial charge in [-0.3, -0.25) is 9.48 Å². The van der Waals surface area contributed by atoms with Gasteiger partial charge >= 0.3 is 0 Å². The molecular formula is C16H17N5O2. The summed E-state index contributed by atoms with van der Waals surface area (Å²) in [6, 6.07) is 9.73. The van der Waals surface area contributed by atoms with E-state index in [0.717, 1.165) is 11.4 Å². The van der Waals surface area contributed by atoms with Crippen molar-refractivity contribution in [3.63, 3.8) is 0 Å². The number of rotatable bonds is 4. The normalized spacial score (nSPS) is 10.6. The van der Waals surface area contributed by atoms with Crippen molar-refractivity contribution < 1.29 is 9.53 Å². The van der Waals surface area contributed by atoms with Crippen LogP contribution in [0.1, 0.15) is 16.1 Å². The van der Waals surface area contributed by atoms with E-state index in [2.05, 4.69) is 15.5 Å². The lowest BCUT2D eigenvalue weighted by atomic mass is 10.3. The third-order valence-corrected chi connectivity index (χ3v) is 3.49. The number of nitrogens with zero attached hydrogens (tertiary/aromatic N) is 4. The van der Waals surface area contributed by atoms with E-state index in [1.54, 1.807) is 24.1 Å². The van der Waals surface area contributed by atoms with Gasteiger partial charge in [-0.15, -0.1) is 5.10 Å². The topological polar surface area (TPSA) is 74.0 Å². The first-order chi connectivity index (χ1) is 11.1. The van der Waals surface area contributed by atoms with Crippen molar-refractivity contribution in [1.29, 1.82) is 0 Å². The van der Waals surface area contributed by atoms with Crippen LogP contribution in [-0.2, 0) is 7.05 Å². The molecule has 1 aromatic carbocycles. The molecule has 0 spiro atoms. The van der Waals surface area contributed by atoms with Crippen molar-refractivity contribution in [2.75, 3.05) is 12.4 Å². The average Bonchev–Trinajstić information content (AvgIpc) is 3.11. The molecule has 0 aliphatic carbocycles. The zero-order valence-corrected chi connectivity index (χ0v) is 13.1. The highest BCUT2D eigenvalue weighted by atomic mass is 16.5. The molecule has 2 aromatic heterocycles. The Kier molecular flexibility index (Phi) is 3.84. The standard InChI is InChI=1S/C16H17N5O2/c1-11-14(9-17-21(11)12-7-5-4-6-8-12)18-15(22)13-10-20(2)19-16(13)23-3/h4-10H,1-3H3,(H,18,22). The van der Waals surface area contributed by atoms with E-state index in [0.29, 0.717) is 11.3 Å². The highest BCUT2D eigenvalue weighted by Gasteiger charge is 2.18. The summed E-state index contributed by atoms with van der Waals surface area (Å²) >= 11 is 0. The number of hydrogen-bond acceptors (Lipinski definition) is 4. The van der Waals surface area contributed by atoms with Crippen LogP contribution < -0.4 is 10.1 Å². The number of anilines is 1. The molecule has 1 N–H and O–H groups in total. The van der Waals surface area contributed by atoms with Gasteiger partial charge in [0.25, 0.3) is 5.91 Å². The molecule has 0 fully saturated rings.